The molecule has 144 valence electrons. The van der Waals surface area contributed by atoms with Gasteiger partial charge in [-0.3, -0.25) is 0 Å². The molecule has 0 bridgehead atoms. The molecular weight excluding hydrogens is 348 g/mol. The summed E-state index contributed by atoms with van der Waals surface area (Å²) in [6.45, 7) is 2.37. The summed E-state index contributed by atoms with van der Waals surface area (Å²) < 4.78 is 8.48. The summed E-state index contributed by atoms with van der Waals surface area (Å²) in [5.74, 6) is 1.08. The first-order valence-corrected chi connectivity index (χ1v) is 10.5. The van der Waals surface area contributed by atoms with Crippen molar-refractivity contribution in [3.05, 3.63) is 42.4 Å². The van der Waals surface area contributed by atoms with Crippen LogP contribution < -0.4 is 4.74 Å². The number of hydrogen-bond acceptors (Lipinski definition) is 4. The largest absolute Gasteiger partial charge is 0.487 e. The lowest BCUT2D eigenvalue weighted by molar-refractivity contribution is -0.00746. The molecule has 28 heavy (non-hydrogen) atoms. The highest BCUT2D eigenvalue weighted by Crippen LogP contribution is 2.43. The van der Waals surface area contributed by atoms with Crippen molar-refractivity contribution in [2.45, 2.75) is 50.2 Å². The van der Waals surface area contributed by atoms with Crippen molar-refractivity contribution < 1.29 is 4.74 Å². The van der Waals surface area contributed by atoms with E-state index in [4.69, 9.17) is 4.74 Å². The van der Waals surface area contributed by atoms with Crippen molar-refractivity contribution in [1.82, 2.24) is 19.4 Å². The number of likely N-dealkylation sites (tertiary alicyclic amines) is 1. The van der Waals surface area contributed by atoms with Gasteiger partial charge in [0.1, 0.15) is 16.9 Å². The molecule has 0 unspecified atom stereocenters. The minimum absolute atomic E-state index is 0.0182. The summed E-state index contributed by atoms with van der Waals surface area (Å²) in [6.07, 6.45) is 11.3. The van der Waals surface area contributed by atoms with E-state index in [0.29, 0.717) is 0 Å². The molecule has 1 spiro atoms. The summed E-state index contributed by atoms with van der Waals surface area (Å²) in [5, 5.41) is 0. The van der Waals surface area contributed by atoms with Crippen molar-refractivity contribution in [2.75, 3.05) is 13.1 Å². The van der Waals surface area contributed by atoms with Crippen LogP contribution in [-0.2, 0) is 13.5 Å². The van der Waals surface area contributed by atoms with E-state index in [2.05, 4.69) is 39.1 Å². The molecule has 2 fully saturated rings. The Balaban J connectivity index is 1.24. The number of fused-ring (bicyclic) bond motifs is 2. The van der Waals surface area contributed by atoms with Crippen LogP contribution in [0.25, 0.3) is 22.3 Å². The molecule has 1 saturated heterocycles. The second-order valence-corrected chi connectivity index (χ2v) is 8.83. The van der Waals surface area contributed by atoms with Crippen molar-refractivity contribution >= 4 is 11.2 Å². The number of rotatable bonds is 2. The number of aromatic nitrogens is 3. The monoisotopic (exact) mass is 374 g/mol. The Kier molecular flexibility index (Phi) is 3.57. The first-order valence-electron chi connectivity index (χ1n) is 10.5. The molecule has 1 saturated carbocycles. The third kappa shape index (κ3) is 2.56. The Morgan fingerprint density at radius 2 is 1.93 bits per heavy atom. The van der Waals surface area contributed by atoms with Gasteiger partial charge >= 0.3 is 0 Å². The van der Waals surface area contributed by atoms with Crippen LogP contribution in [0.5, 0.6) is 5.75 Å². The third-order valence-electron chi connectivity index (χ3n) is 7.08. The van der Waals surface area contributed by atoms with Gasteiger partial charge in [0, 0.05) is 57.2 Å². The first-order chi connectivity index (χ1) is 13.7. The molecule has 3 aliphatic rings. The smallest absolute Gasteiger partial charge is 0.159 e. The lowest BCUT2D eigenvalue weighted by atomic mass is 9.83. The normalized spacial score (nSPS) is 21.6. The van der Waals surface area contributed by atoms with Gasteiger partial charge in [-0.1, -0.05) is 12.5 Å². The minimum atomic E-state index is 0.0182. The molecule has 3 aromatic rings. The number of imidazole rings is 1. The summed E-state index contributed by atoms with van der Waals surface area (Å²) in [7, 11) is 1.98. The van der Waals surface area contributed by atoms with E-state index < -0.39 is 0 Å². The second kappa shape index (κ2) is 6.05. The van der Waals surface area contributed by atoms with Gasteiger partial charge in [-0.25, -0.2) is 9.97 Å². The van der Waals surface area contributed by atoms with E-state index in [0.717, 1.165) is 47.8 Å². The zero-order chi connectivity index (χ0) is 18.7. The molecule has 2 aliphatic heterocycles. The molecule has 5 nitrogen and oxygen atoms in total. The van der Waals surface area contributed by atoms with Crippen LogP contribution in [0, 0.1) is 0 Å². The molecule has 4 heterocycles. The fourth-order valence-electron chi connectivity index (χ4n) is 5.11. The number of piperidine rings is 1. The van der Waals surface area contributed by atoms with Crippen molar-refractivity contribution in [2.24, 2.45) is 7.05 Å². The SMILES string of the molecule is Cn1cnc2cc(-c3ccc4c(c3)CC3(CCN(C5CCC5)CC3)O4)cnc21. The molecule has 0 radical (unpaired) electrons. The fraction of sp³-hybridized carbons (Fsp3) is 0.478. The number of pyridine rings is 1. The zero-order valence-electron chi connectivity index (χ0n) is 16.4. The maximum absolute atomic E-state index is 6.52. The number of nitrogens with zero attached hydrogens (tertiary/aromatic N) is 4. The molecule has 1 aliphatic carbocycles. The van der Waals surface area contributed by atoms with Crippen LogP contribution in [0.4, 0.5) is 0 Å². The second-order valence-electron chi connectivity index (χ2n) is 8.83. The van der Waals surface area contributed by atoms with E-state index in [1.54, 1.807) is 0 Å². The van der Waals surface area contributed by atoms with Crippen LogP contribution in [-0.4, -0.2) is 44.2 Å². The van der Waals surface area contributed by atoms with Crippen LogP contribution >= 0.6 is 0 Å². The number of hydrogen-bond donors (Lipinski definition) is 0. The van der Waals surface area contributed by atoms with Gasteiger partial charge < -0.3 is 14.2 Å². The maximum Gasteiger partial charge on any atom is 0.159 e. The van der Waals surface area contributed by atoms with E-state index in [9.17, 15) is 0 Å². The van der Waals surface area contributed by atoms with E-state index in [1.807, 2.05) is 24.1 Å². The maximum atomic E-state index is 6.52. The molecule has 1 aromatic carbocycles. The highest BCUT2D eigenvalue weighted by atomic mass is 16.5. The van der Waals surface area contributed by atoms with Crippen molar-refractivity contribution in [3.63, 3.8) is 0 Å². The minimum Gasteiger partial charge on any atom is -0.487 e. The van der Waals surface area contributed by atoms with Crippen LogP contribution in [0.2, 0.25) is 0 Å². The Labute approximate surface area is 165 Å². The molecule has 2 aromatic heterocycles. The van der Waals surface area contributed by atoms with E-state index >= 15 is 0 Å². The van der Waals surface area contributed by atoms with Gasteiger partial charge in [0.25, 0.3) is 0 Å². The van der Waals surface area contributed by atoms with Gasteiger partial charge in [0.15, 0.2) is 5.65 Å². The number of aryl methyl sites for hydroxylation is 1. The molecule has 0 atom stereocenters. The Morgan fingerprint density at radius 3 is 2.71 bits per heavy atom. The Hall–Kier alpha value is -2.40. The highest BCUT2D eigenvalue weighted by Gasteiger charge is 2.43. The first kappa shape index (κ1) is 16.5. The number of ether oxygens (including phenoxy) is 1. The van der Waals surface area contributed by atoms with Crippen LogP contribution in [0.15, 0.2) is 36.8 Å². The van der Waals surface area contributed by atoms with Gasteiger partial charge in [0.2, 0.25) is 0 Å². The standard InChI is InChI=1S/C23H26N4O/c1-26-15-25-20-12-18(14-24-22(20)26)16-5-6-21-17(11-16)13-23(28-21)7-9-27(10-8-23)19-3-2-4-19/h5-6,11-12,14-15,19H,2-4,7-10,13H2,1H3. The van der Waals surface area contributed by atoms with Crippen LogP contribution in [0.1, 0.15) is 37.7 Å². The average molecular weight is 374 g/mol. The fourth-order valence-corrected chi connectivity index (χ4v) is 5.11. The van der Waals surface area contributed by atoms with Crippen LogP contribution in [0.3, 0.4) is 0 Å². The highest BCUT2D eigenvalue weighted by molar-refractivity contribution is 5.78. The summed E-state index contributed by atoms with van der Waals surface area (Å²) >= 11 is 0. The Morgan fingerprint density at radius 1 is 1.07 bits per heavy atom. The van der Waals surface area contributed by atoms with Crippen molar-refractivity contribution in [3.8, 4) is 16.9 Å². The quantitative estimate of drug-likeness (QED) is 0.681. The third-order valence-corrected chi connectivity index (χ3v) is 7.08. The lowest BCUT2D eigenvalue weighted by Gasteiger charge is -2.45. The van der Waals surface area contributed by atoms with E-state index in [-0.39, 0.29) is 5.60 Å². The van der Waals surface area contributed by atoms with Gasteiger partial charge in [-0.15, -0.1) is 0 Å². The van der Waals surface area contributed by atoms with Gasteiger partial charge in [-0.2, -0.15) is 0 Å². The predicted octanol–water partition coefficient (Wildman–Crippen LogP) is 3.96. The molecule has 0 amide bonds. The molecule has 6 rings (SSSR count). The number of benzene rings is 1. The topological polar surface area (TPSA) is 43.2 Å². The zero-order valence-corrected chi connectivity index (χ0v) is 16.4. The molecular formula is C23H26N4O. The predicted molar refractivity (Wildman–Crippen MR) is 109 cm³/mol. The summed E-state index contributed by atoms with van der Waals surface area (Å²) in [5.41, 5.74) is 5.54. The summed E-state index contributed by atoms with van der Waals surface area (Å²) in [6, 6.07) is 9.59. The Bertz CT molecular complexity index is 1040. The van der Waals surface area contributed by atoms with Gasteiger partial charge in [0.05, 0.1) is 6.33 Å². The molecule has 5 heteroatoms. The molecule has 0 N–H and O–H groups in total. The van der Waals surface area contributed by atoms with E-state index in [1.165, 1.54) is 43.5 Å². The summed E-state index contributed by atoms with van der Waals surface area (Å²) in [4.78, 5) is 11.7. The van der Waals surface area contributed by atoms with Gasteiger partial charge in [-0.05, 0) is 42.2 Å². The van der Waals surface area contributed by atoms with Crippen molar-refractivity contribution in [1.29, 1.82) is 0 Å². The lowest BCUT2D eigenvalue weighted by Crippen LogP contribution is -2.52. The average Bonchev–Trinajstić information content (AvgIpc) is 3.21.